The number of carbonyl (C=O) groups excluding carboxylic acids is 2. The summed E-state index contributed by atoms with van der Waals surface area (Å²) in [6.45, 7) is 6.48. The summed E-state index contributed by atoms with van der Waals surface area (Å²) >= 11 is 0. The lowest BCUT2D eigenvalue weighted by atomic mass is 9.99. The molecular weight excluding hydrogens is 218 g/mol. The van der Waals surface area contributed by atoms with Crippen molar-refractivity contribution >= 4 is 11.8 Å². The second kappa shape index (κ2) is 7.27. The first-order valence-corrected chi connectivity index (χ1v) is 6.37. The minimum absolute atomic E-state index is 0.00625. The third-order valence-corrected chi connectivity index (χ3v) is 2.92. The van der Waals surface area contributed by atoms with E-state index in [9.17, 15) is 9.59 Å². The highest BCUT2D eigenvalue weighted by Crippen LogP contribution is 2.09. The summed E-state index contributed by atoms with van der Waals surface area (Å²) in [5.41, 5.74) is 0. The van der Waals surface area contributed by atoms with E-state index in [0.717, 1.165) is 25.9 Å². The van der Waals surface area contributed by atoms with Crippen LogP contribution >= 0.6 is 0 Å². The molecule has 98 valence electrons. The van der Waals surface area contributed by atoms with Crippen molar-refractivity contribution in [3.63, 3.8) is 0 Å². The Bertz CT molecular complexity index is 260. The van der Waals surface area contributed by atoms with Gasteiger partial charge >= 0.3 is 0 Å². The van der Waals surface area contributed by atoms with Gasteiger partial charge in [0.05, 0.1) is 5.92 Å². The molecule has 1 saturated heterocycles. The zero-order valence-corrected chi connectivity index (χ0v) is 10.7. The molecule has 1 atom stereocenters. The fraction of sp³-hybridized carbons (Fsp3) is 0.833. The molecule has 0 aromatic carbocycles. The van der Waals surface area contributed by atoms with Crippen LogP contribution in [0.15, 0.2) is 0 Å². The molecule has 0 radical (unpaired) electrons. The fourth-order valence-electron chi connectivity index (χ4n) is 1.80. The molecule has 1 aliphatic rings. The molecule has 2 amide bonds. The van der Waals surface area contributed by atoms with Gasteiger partial charge in [-0.2, -0.15) is 0 Å². The average Bonchev–Trinajstić information content (AvgIpc) is 2.35. The first kappa shape index (κ1) is 14.0. The second-order valence-corrected chi connectivity index (χ2v) is 4.78. The molecule has 17 heavy (non-hydrogen) atoms. The molecule has 0 aromatic heterocycles. The Balaban J connectivity index is 2.09. The largest absolute Gasteiger partial charge is 0.354 e. The molecule has 0 bridgehead atoms. The van der Waals surface area contributed by atoms with E-state index in [0.29, 0.717) is 13.1 Å². The molecule has 0 unspecified atom stereocenters. The molecule has 0 saturated carbocycles. The summed E-state index contributed by atoms with van der Waals surface area (Å²) in [6, 6.07) is 0. The van der Waals surface area contributed by atoms with Crippen molar-refractivity contribution in [3.8, 4) is 0 Å². The molecule has 1 heterocycles. The van der Waals surface area contributed by atoms with Crippen LogP contribution in [0.3, 0.4) is 0 Å². The monoisotopic (exact) mass is 241 g/mol. The van der Waals surface area contributed by atoms with E-state index in [1.807, 2.05) is 13.8 Å². The van der Waals surface area contributed by atoms with Gasteiger partial charge in [-0.15, -0.1) is 0 Å². The van der Waals surface area contributed by atoms with Crippen LogP contribution in [0.25, 0.3) is 0 Å². The third kappa shape index (κ3) is 5.17. The van der Waals surface area contributed by atoms with E-state index in [4.69, 9.17) is 0 Å². The summed E-state index contributed by atoms with van der Waals surface area (Å²) in [6.07, 6.45) is 2.01. The van der Waals surface area contributed by atoms with Crippen molar-refractivity contribution < 1.29 is 9.59 Å². The van der Waals surface area contributed by atoms with E-state index in [1.165, 1.54) is 0 Å². The van der Waals surface area contributed by atoms with Gasteiger partial charge in [-0.05, 0) is 19.4 Å². The topological polar surface area (TPSA) is 70.2 Å². The highest BCUT2D eigenvalue weighted by molar-refractivity contribution is 5.79. The Kier molecular flexibility index (Phi) is 5.97. The van der Waals surface area contributed by atoms with Crippen LogP contribution in [0.2, 0.25) is 0 Å². The van der Waals surface area contributed by atoms with Gasteiger partial charge in [0.25, 0.3) is 0 Å². The summed E-state index contributed by atoms with van der Waals surface area (Å²) < 4.78 is 0. The lowest BCUT2D eigenvalue weighted by Gasteiger charge is -2.21. The predicted octanol–water partition coefficient (Wildman–Crippen LogP) is -0.126. The van der Waals surface area contributed by atoms with Crippen LogP contribution in [-0.2, 0) is 9.59 Å². The molecule has 5 heteroatoms. The summed E-state index contributed by atoms with van der Waals surface area (Å²) in [5.74, 6) is 0.201. The Morgan fingerprint density at radius 2 is 2.00 bits per heavy atom. The molecule has 0 spiro atoms. The number of piperidine rings is 1. The molecule has 0 aliphatic carbocycles. The Labute approximate surface area is 103 Å². The Morgan fingerprint density at radius 3 is 2.59 bits per heavy atom. The average molecular weight is 241 g/mol. The van der Waals surface area contributed by atoms with Crippen LogP contribution in [0.4, 0.5) is 0 Å². The number of carbonyl (C=O) groups is 2. The van der Waals surface area contributed by atoms with Crippen LogP contribution in [-0.4, -0.2) is 38.0 Å². The molecule has 5 nitrogen and oxygen atoms in total. The van der Waals surface area contributed by atoms with Gasteiger partial charge in [0.15, 0.2) is 0 Å². The zero-order valence-electron chi connectivity index (χ0n) is 10.7. The molecule has 1 rings (SSSR count). The van der Waals surface area contributed by atoms with E-state index >= 15 is 0 Å². The van der Waals surface area contributed by atoms with Crippen molar-refractivity contribution in [3.05, 3.63) is 0 Å². The van der Waals surface area contributed by atoms with Gasteiger partial charge in [-0.1, -0.05) is 13.8 Å². The van der Waals surface area contributed by atoms with E-state index in [-0.39, 0.29) is 23.7 Å². The van der Waals surface area contributed by atoms with Gasteiger partial charge in [0, 0.05) is 25.6 Å². The van der Waals surface area contributed by atoms with Gasteiger partial charge in [-0.3, -0.25) is 9.59 Å². The third-order valence-electron chi connectivity index (χ3n) is 2.92. The SMILES string of the molecule is CC(C)C(=O)NCCNC(=O)[C@@H]1CCCNC1. The highest BCUT2D eigenvalue weighted by Gasteiger charge is 2.20. The highest BCUT2D eigenvalue weighted by atomic mass is 16.2. The maximum Gasteiger partial charge on any atom is 0.224 e. The minimum Gasteiger partial charge on any atom is -0.354 e. The van der Waals surface area contributed by atoms with Gasteiger partial charge in [0.1, 0.15) is 0 Å². The van der Waals surface area contributed by atoms with Gasteiger partial charge < -0.3 is 16.0 Å². The van der Waals surface area contributed by atoms with E-state index < -0.39 is 0 Å². The molecule has 1 fully saturated rings. The number of hydrogen-bond donors (Lipinski definition) is 3. The van der Waals surface area contributed by atoms with Crippen LogP contribution in [0.1, 0.15) is 26.7 Å². The van der Waals surface area contributed by atoms with Crippen molar-refractivity contribution in [2.45, 2.75) is 26.7 Å². The zero-order chi connectivity index (χ0) is 12.7. The van der Waals surface area contributed by atoms with Crippen molar-refractivity contribution in [1.82, 2.24) is 16.0 Å². The van der Waals surface area contributed by atoms with Crippen molar-refractivity contribution in [1.29, 1.82) is 0 Å². The minimum atomic E-state index is -0.00625. The predicted molar refractivity (Wildman–Crippen MR) is 66.5 cm³/mol. The maximum atomic E-state index is 11.7. The number of amides is 2. The second-order valence-electron chi connectivity index (χ2n) is 4.78. The summed E-state index contributed by atoms with van der Waals surface area (Å²) in [5, 5.41) is 8.83. The fourth-order valence-corrected chi connectivity index (χ4v) is 1.80. The number of hydrogen-bond acceptors (Lipinski definition) is 3. The Morgan fingerprint density at radius 1 is 1.29 bits per heavy atom. The smallest absolute Gasteiger partial charge is 0.224 e. The molecule has 1 aliphatic heterocycles. The number of nitrogens with one attached hydrogen (secondary N) is 3. The Hall–Kier alpha value is -1.10. The van der Waals surface area contributed by atoms with Crippen LogP contribution in [0, 0.1) is 11.8 Å². The maximum absolute atomic E-state index is 11.7. The molecular formula is C12H23N3O2. The normalized spacial score (nSPS) is 20.1. The van der Waals surface area contributed by atoms with E-state index in [2.05, 4.69) is 16.0 Å². The van der Waals surface area contributed by atoms with Gasteiger partial charge in [-0.25, -0.2) is 0 Å². The van der Waals surface area contributed by atoms with Crippen molar-refractivity contribution in [2.24, 2.45) is 11.8 Å². The molecule has 0 aromatic rings. The van der Waals surface area contributed by atoms with Gasteiger partial charge in [0.2, 0.25) is 11.8 Å². The first-order chi connectivity index (χ1) is 8.11. The summed E-state index contributed by atoms with van der Waals surface area (Å²) in [4.78, 5) is 23.0. The van der Waals surface area contributed by atoms with Crippen LogP contribution in [0.5, 0.6) is 0 Å². The lowest BCUT2D eigenvalue weighted by Crippen LogP contribution is -2.43. The standard InChI is InChI=1S/C12H23N3O2/c1-9(2)11(16)14-6-7-15-12(17)10-4-3-5-13-8-10/h9-10,13H,3-8H2,1-2H3,(H,14,16)(H,15,17)/t10-/m1/s1. The summed E-state index contributed by atoms with van der Waals surface area (Å²) in [7, 11) is 0. The number of rotatable bonds is 5. The molecule has 3 N–H and O–H groups in total. The first-order valence-electron chi connectivity index (χ1n) is 6.37. The van der Waals surface area contributed by atoms with Crippen LogP contribution < -0.4 is 16.0 Å². The quantitative estimate of drug-likeness (QED) is 0.587. The van der Waals surface area contributed by atoms with Crippen molar-refractivity contribution in [2.75, 3.05) is 26.2 Å². The van der Waals surface area contributed by atoms with E-state index in [1.54, 1.807) is 0 Å². The lowest BCUT2D eigenvalue weighted by molar-refractivity contribution is -0.126.